The Kier molecular flexibility index (Phi) is 6.33. The summed E-state index contributed by atoms with van der Waals surface area (Å²) in [5, 5.41) is 17.6. The van der Waals surface area contributed by atoms with Crippen LogP contribution >= 0.6 is 34.8 Å². The average Bonchev–Trinajstić information content (AvgIpc) is 3.38. The van der Waals surface area contributed by atoms with Crippen LogP contribution in [0.2, 0.25) is 15.2 Å². The molecule has 2 aromatic heterocycles. The van der Waals surface area contributed by atoms with Gasteiger partial charge in [-0.15, -0.1) is 10.2 Å². The zero-order valence-electron chi connectivity index (χ0n) is 16.4. The monoisotopic (exact) mass is 491 g/mol. The average molecular weight is 493 g/mol. The van der Waals surface area contributed by atoms with Crippen molar-refractivity contribution in [3.05, 3.63) is 74.2 Å². The topological polar surface area (TPSA) is 101 Å². The number of imidazole rings is 1. The van der Waals surface area contributed by atoms with Gasteiger partial charge < -0.3 is 14.1 Å². The lowest BCUT2D eigenvalue weighted by molar-refractivity contribution is 0.437. The van der Waals surface area contributed by atoms with Gasteiger partial charge in [-0.05, 0) is 24.3 Å². The van der Waals surface area contributed by atoms with Crippen molar-refractivity contribution in [1.29, 1.82) is 5.26 Å². The lowest BCUT2D eigenvalue weighted by atomic mass is 10.1. The Morgan fingerprint density at radius 1 is 1.19 bits per heavy atom. The normalized spacial score (nSPS) is 10.9. The molecule has 0 amide bonds. The Morgan fingerprint density at radius 3 is 2.72 bits per heavy atom. The number of benzene rings is 2. The van der Waals surface area contributed by atoms with Gasteiger partial charge in [0, 0.05) is 17.0 Å². The lowest BCUT2D eigenvalue weighted by Crippen LogP contribution is -1.98. The number of aromatic nitrogens is 4. The quantitative estimate of drug-likeness (QED) is 0.335. The van der Waals surface area contributed by atoms with Crippen molar-refractivity contribution in [3.63, 3.8) is 0 Å². The summed E-state index contributed by atoms with van der Waals surface area (Å²) in [6, 6.07) is 9.28. The molecule has 0 aliphatic rings. The Bertz CT molecular complexity index is 1350. The highest BCUT2D eigenvalue weighted by Crippen LogP contribution is 2.36. The first-order chi connectivity index (χ1) is 15.4. The third kappa shape index (κ3) is 4.55. The van der Waals surface area contributed by atoms with E-state index in [4.69, 9.17) is 49.2 Å². The number of nitrogens with zero attached hydrogens (tertiary/aromatic N) is 4. The summed E-state index contributed by atoms with van der Waals surface area (Å²) in [6.45, 7) is 1.92. The molecule has 0 fully saturated rings. The first-order valence-corrected chi connectivity index (χ1v) is 10.4. The third-order valence-corrected chi connectivity index (χ3v) is 5.19. The number of rotatable bonds is 6. The van der Waals surface area contributed by atoms with Gasteiger partial charge in [-0.1, -0.05) is 47.8 Å². The van der Waals surface area contributed by atoms with Crippen LogP contribution in [-0.4, -0.2) is 20.2 Å². The predicted octanol–water partition coefficient (Wildman–Crippen LogP) is 6.38. The molecule has 0 bridgehead atoms. The zero-order valence-corrected chi connectivity index (χ0v) is 18.7. The Morgan fingerprint density at radius 2 is 2.00 bits per heavy atom. The molecule has 0 spiro atoms. The maximum Gasteiger partial charge on any atom is 0.269 e. The smallest absolute Gasteiger partial charge is 0.269 e. The highest BCUT2D eigenvalue weighted by Gasteiger charge is 2.20. The van der Waals surface area contributed by atoms with Crippen LogP contribution in [0.4, 0.5) is 4.39 Å². The fourth-order valence-electron chi connectivity index (χ4n) is 2.90. The summed E-state index contributed by atoms with van der Waals surface area (Å²) in [6.07, 6.45) is 0.635. The number of nitrogens with one attached hydrogen (secondary N) is 1. The first-order valence-electron chi connectivity index (χ1n) is 9.30. The number of hydrogen-bond acceptors (Lipinski definition) is 6. The van der Waals surface area contributed by atoms with Gasteiger partial charge in [-0.3, -0.25) is 0 Å². The van der Waals surface area contributed by atoms with Crippen molar-refractivity contribution in [2.75, 3.05) is 0 Å². The number of aromatic amines is 1. The van der Waals surface area contributed by atoms with Crippen LogP contribution in [0.3, 0.4) is 0 Å². The second kappa shape index (κ2) is 9.17. The summed E-state index contributed by atoms with van der Waals surface area (Å²) in [4.78, 5) is 7.22. The molecular weight excluding hydrogens is 480 g/mol. The Labute approximate surface area is 196 Å². The molecule has 7 nitrogen and oxygen atoms in total. The van der Waals surface area contributed by atoms with E-state index in [1.807, 2.05) is 13.0 Å². The summed E-state index contributed by atoms with van der Waals surface area (Å²) < 4.78 is 26.4. The number of ether oxygens (including phenoxy) is 1. The van der Waals surface area contributed by atoms with Gasteiger partial charge in [0.15, 0.2) is 17.3 Å². The molecule has 2 heterocycles. The molecule has 2 aromatic carbocycles. The zero-order chi connectivity index (χ0) is 22.8. The summed E-state index contributed by atoms with van der Waals surface area (Å²) in [5.41, 5.74) is 0.809. The van der Waals surface area contributed by atoms with Crippen molar-refractivity contribution >= 4 is 34.8 Å². The predicted molar refractivity (Wildman–Crippen MR) is 117 cm³/mol. The van der Waals surface area contributed by atoms with Gasteiger partial charge in [0.2, 0.25) is 5.89 Å². The van der Waals surface area contributed by atoms with E-state index in [9.17, 15) is 0 Å². The standard InChI is InChI=1S/C21H13Cl3FN5O2/c1-2-15-27-18(20(24)28-15)21-30-29-16(32-21)7-11-3-4-14(23)19(17(11)25)31-13-6-10(9-26)5-12(22)8-13/h3-6,8H,2,7H2,1H3,(H,27,28). The minimum absolute atomic E-state index is 0.0198. The molecule has 0 unspecified atom stereocenters. The number of aryl methyl sites for hydroxylation is 1. The number of H-pyrrole nitrogens is 1. The van der Waals surface area contributed by atoms with Crippen LogP contribution < -0.4 is 4.74 Å². The van der Waals surface area contributed by atoms with E-state index in [0.717, 1.165) is 0 Å². The number of hydrogen-bond donors (Lipinski definition) is 1. The van der Waals surface area contributed by atoms with E-state index in [2.05, 4.69) is 20.2 Å². The van der Waals surface area contributed by atoms with E-state index in [0.29, 0.717) is 17.9 Å². The van der Waals surface area contributed by atoms with E-state index < -0.39 is 5.82 Å². The minimum Gasteiger partial charge on any atom is -0.453 e. The van der Waals surface area contributed by atoms with E-state index in [-0.39, 0.29) is 56.0 Å². The molecule has 11 heteroatoms. The van der Waals surface area contributed by atoms with E-state index >= 15 is 4.39 Å². The highest BCUT2D eigenvalue weighted by atomic mass is 35.5. The third-order valence-electron chi connectivity index (χ3n) is 4.40. The maximum atomic E-state index is 15.2. The van der Waals surface area contributed by atoms with Gasteiger partial charge >= 0.3 is 0 Å². The van der Waals surface area contributed by atoms with Gasteiger partial charge in [0.25, 0.3) is 5.89 Å². The summed E-state index contributed by atoms with van der Waals surface area (Å²) >= 11 is 18.3. The largest absolute Gasteiger partial charge is 0.453 e. The fourth-order valence-corrected chi connectivity index (χ4v) is 3.54. The molecule has 1 N–H and O–H groups in total. The minimum atomic E-state index is -0.707. The van der Waals surface area contributed by atoms with Crippen LogP contribution in [0.15, 0.2) is 34.7 Å². The second-order valence-electron chi connectivity index (χ2n) is 6.62. The highest BCUT2D eigenvalue weighted by molar-refractivity contribution is 6.32. The SMILES string of the molecule is CCc1nc(-c2nnc(Cc3ccc(Cl)c(Oc4cc(Cl)cc(C#N)c4)c3F)o2)c(Cl)[nH]1. The second-order valence-corrected chi connectivity index (χ2v) is 7.84. The fraction of sp³-hybridized carbons (Fsp3) is 0.143. The van der Waals surface area contributed by atoms with Crippen LogP contribution in [0.25, 0.3) is 11.6 Å². The molecular formula is C21H13Cl3FN5O2. The summed E-state index contributed by atoms with van der Waals surface area (Å²) in [5.74, 6) is 0.205. The lowest BCUT2D eigenvalue weighted by Gasteiger charge is -2.11. The molecule has 32 heavy (non-hydrogen) atoms. The van der Waals surface area contributed by atoms with Gasteiger partial charge in [0.1, 0.15) is 16.7 Å². The van der Waals surface area contributed by atoms with Crippen LogP contribution in [-0.2, 0) is 12.8 Å². The first kappa shape index (κ1) is 22.1. The van der Waals surface area contributed by atoms with Crippen LogP contribution in [0.5, 0.6) is 11.5 Å². The van der Waals surface area contributed by atoms with Gasteiger partial charge in [-0.25, -0.2) is 9.37 Å². The van der Waals surface area contributed by atoms with Crippen molar-refractivity contribution in [3.8, 4) is 29.2 Å². The molecule has 0 aliphatic heterocycles. The summed E-state index contributed by atoms with van der Waals surface area (Å²) in [7, 11) is 0. The molecule has 0 saturated carbocycles. The maximum absolute atomic E-state index is 15.2. The molecule has 0 saturated heterocycles. The molecule has 4 aromatic rings. The number of nitriles is 1. The van der Waals surface area contributed by atoms with Crippen molar-refractivity contribution < 1.29 is 13.5 Å². The molecule has 0 atom stereocenters. The van der Waals surface area contributed by atoms with Crippen molar-refractivity contribution in [1.82, 2.24) is 20.2 Å². The van der Waals surface area contributed by atoms with Crippen molar-refractivity contribution in [2.24, 2.45) is 0 Å². The van der Waals surface area contributed by atoms with E-state index in [1.54, 1.807) is 0 Å². The van der Waals surface area contributed by atoms with Gasteiger partial charge in [-0.2, -0.15) is 5.26 Å². The molecule has 0 radical (unpaired) electrons. The molecule has 0 aliphatic carbocycles. The number of halogens is 4. The molecule has 4 rings (SSSR count). The Balaban J connectivity index is 1.61. The van der Waals surface area contributed by atoms with Crippen molar-refractivity contribution in [2.45, 2.75) is 19.8 Å². The van der Waals surface area contributed by atoms with Crippen LogP contribution in [0, 0.1) is 17.1 Å². The molecule has 162 valence electrons. The van der Waals surface area contributed by atoms with Gasteiger partial charge in [0.05, 0.1) is 23.1 Å². The van der Waals surface area contributed by atoms with Crippen LogP contribution in [0.1, 0.15) is 29.8 Å². The Hall–Kier alpha value is -3.12. The van der Waals surface area contributed by atoms with E-state index in [1.165, 1.54) is 30.3 Å².